The number of nitrogens with one attached hydrogen (secondary N) is 3. The summed E-state index contributed by atoms with van der Waals surface area (Å²) in [6.45, 7) is 8.10. The number of benzene rings is 5. The molecular formula is C51H54N4O9. The molecule has 1 aromatic heterocycles. The van der Waals surface area contributed by atoms with Crippen molar-refractivity contribution in [2.45, 2.75) is 58.1 Å². The number of nitrogens with zero attached hydrogens (tertiary/aromatic N) is 1. The number of esters is 1. The number of carbonyl (C=O) groups is 2. The number of pyridine rings is 1. The molecule has 64 heavy (non-hydrogen) atoms. The Labute approximate surface area is 372 Å². The van der Waals surface area contributed by atoms with E-state index in [1.54, 1.807) is 24.3 Å². The number of phenolic OH excluding ortho intramolecular Hbond substituents is 1. The smallest absolute Gasteiger partial charge is 0.408 e. The lowest BCUT2D eigenvalue weighted by atomic mass is 9.86. The molecule has 2 bridgehead atoms. The average molecular weight is 867 g/mol. The number of piperidine rings is 3. The largest absolute Gasteiger partial charge is 0.506 e. The minimum Gasteiger partial charge on any atom is -0.506 e. The van der Waals surface area contributed by atoms with Crippen molar-refractivity contribution in [2.75, 3.05) is 39.4 Å². The predicted molar refractivity (Wildman–Crippen MR) is 243 cm³/mol. The van der Waals surface area contributed by atoms with Gasteiger partial charge in [-0.3, -0.25) is 9.69 Å². The number of fused-ring (bicyclic) bond motifs is 4. The summed E-state index contributed by atoms with van der Waals surface area (Å²) >= 11 is 0. The molecule has 3 saturated heterocycles. The fraction of sp³-hybridized carbons (Fsp3) is 0.314. The maximum atomic E-state index is 13.2. The second-order valence-electron chi connectivity index (χ2n) is 16.6. The zero-order valence-electron chi connectivity index (χ0n) is 36.0. The highest BCUT2D eigenvalue weighted by molar-refractivity contribution is 5.89. The predicted octanol–water partition coefficient (Wildman–Crippen LogP) is 7.40. The first-order valence-corrected chi connectivity index (χ1v) is 21.8. The van der Waals surface area contributed by atoms with Crippen LogP contribution < -0.4 is 25.7 Å². The van der Waals surface area contributed by atoms with E-state index in [9.17, 15) is 24.6 Å². The van der Waals surface area contributed by atoms with E-state index in [-0.39, 0.29) is 43.8 Å². The number of amides is 1. The minimum atomic E-state index is -0.870. The van der Waals surface area contributed by atoms with Crippen LogP contribution in [0.3, 0.4) is 0 Å². The first-order chi connectivity index (χ1) is 31.1. The SMILES string of the molecule is Cc1cc(CNC[C@@H](O)c2ccc(O)c3[nH]c(=O)ccc23)cc(C)c1OCCOC(=O)c1ccc(COc2cccc(C(NC(=O)O[C@H]3CN4CCC3CC4)c3ccccc3)c2)cc1. The van der Waals surface area contributed by atoms with E-state index >= 15 is 0 Å². The van der Waals surface area contributed by atoms with Crippen LogP contribution in [-0.2, 0) is 22.6 Å². The van der Waals surface area contributed by atoms with Gasteiger partial charge in [-0.15, -0.1) is 0 Å². The highest BCUT2D eigenvalue weighted by atomic mass is 16.6. The third-order valence-corrected chi connectivity index (χ3v) is 12.1. The van der Waals surface area contributed by atoms with Gasteiger partial charge in [0.2, 0.25) is 5.56 Å². The Bertz CT molecular complexity index is 2600. The van der Waals surface area contributed by atoms with Crippen LogP contribution in [0.15, 0.2) is 120 Å². The van der Waals surface area contributed by atoms with E-state index in [0.29, 0.717) is 46.0 Å². The standard InChI is InChI=1S/C51H54N4O9/c1-32-25-35(28-52-29-44(57)41-15-17-43(56)48-42(41)16-18-46(58)53-48)26-33(2)49(32)61-23-24-62-50(59)38-13-11-34(12-14-38)31-63-40-10-6-9-39(27-40)47(37-7-4-3-5-8-37)54-51(60)64-45-30-55-21-19-36(45)20-22-55/h3-18,25-27,36,44-45,47,52,56-57H,19-24,28-31H2,1-2H3,(H,53,58)(H,54,60)/t44-,45+,47?/m1/s1. The molecular weight excluding hydrogens is 813 g/mol. The van der Waals surface area contributed by atoms with Gasteiger partial charge in [0.1, 0.15) is 43.2 Å². The molecule has 6 aromatic rings. The Morgan fingerprint density at radius 2 is 1.58 bits per heavy atom. The van der Waals surface area contributed by atoms with Gasteiger partial charge < -0.3 is 44.8 Å². The van der Waals surface area contributed by atoms with E-state index in [1.165, 1.54) is 12.1 Å². The van der Waals surface area contributed by atoms with E-state index in [0.717, 1.165) is 65.9 Å². The summed E-state index contributed by atoms with van der Waals surface area (Å²) in [7, 11) is 0. The molecule has 0 aliphatic carbocycles. The lowest BCUT2D eigenvalue weighted by molar-refractivity contribution is -0.0336. The number of aliphatic hydroxyl groups excluding tert-OH is 1. The van der Waals surface area contributed by atoms with Crippen LogP contribution in [0.1, 0.15) is 74.3 Å². The van der Waals surface area contributed by atoms with Crippen LogP contribution in [0.5, 0.6) is 17.2 Å². The summed E-state index contributed by atoms with van der Waals surface area (Å²) in [6, 6.07) is 34.2. The molecule has 1 unspecified atom stereocenters. The fourth-order valence-corrected chi connectivity index (χ4v) is 8.77. The highest BCUT2D eigenvalue weighted by Crippen LogP contribution is 2.32. The molecule has 13 nitrogen and oxygen atoms in total. The van der Waals surface area contributed by atoms with Gasteiger partial charge in [0, 0.05) is 31.1 Å². The number of aryl methyl sites for hydroxylation is 2. The van der Waals surface area contributed by atoms with Crippen LogP contribution in [-0.4, -0.2) is 77.7 Å². The molecule has 4 heterocycles. The molecule has 0 radical (unpaired) electrons. The number of aromatic hydroxyl groups is 1. The maximum absolute atomic E-state index is 13.2. The first kappa shape index (κ1) is 44.0. The van der Waals surface area contributed by atoms with Crippen LogP contribution >= 0.6 is 0 Å². The molecule has 3 aliphatic rings. The summed E-state index contributed by atoms with van der Waals surface area (Å²) in [5.74, 6) is 1.26. The number of rotatable bonds is 17. The lowest BCUT2D eigenvalue weighted by Gasteiger charge is -2.43. The third-order valence-electron chi connectivity index (χ3n) is 12.1. The van der Waals surface area contributed by atoms with E-state index in [2.05, 4.69) is 20.5 Å². The lowest BCUT2D eigenvalue weighted by Crippen LogP contribution is -2.52. The molecule has 13 heteroatoms. The maximum Gasteiger partial charge on any atom is 0.408 e. The highest BCUT2D eigenvalue weighted by Gasteiger charge is 2.37. The Hall–Kier alpha value is -6.67. The van der Waals surface area contributed by atoms with Gasteiger partial charge in [-0.25, -0.2) is 9.59 Å². The quantitative estimate of drug-likeness (QED) is 0.0457. The fourth-order valence-electron chi connectivity index (χ4n) is 8.77. The number of carbonyl (C=O) groups excluding carboxylic acids is 2. The van der Waals surface area contributed by atoms with E-state index < -0.39 is 24.2 Å². The van der Waals surface area contributed by atoms with Crippen LogP contribution in [0.2, 0.25) is 0 Å². The number of alkyl carbamates (subject to hydrolysis) is 1. The van der Waals surface area contributed by atoms with Crippen LogP contribution in [0.4, 0.5) is 4.79 Å². The van der Waals surface area contributed by atoms with Crippen LogP contribution in [0.25, 0.3) is 10.9 Å². The molecule has 3 fully saturated rings. The number of aromatic nitrogens is 1. The zero-order valence-corrected chi connectivity index (χ0v) is 36.0. The number of H-pyrrole nitrogens is 1. The van der Waals surface area contributed by atoms with Crippen LogP contribution in [0, 0.1) is 19.8 Å². The van der Waals surface area contributed by atoms with Crippen molar-refractivity contribution >= 4 is 23.0 Å². The van der Waals surface area contributed by atoms with E-state index in [4.69, 9.17) is 18.9 Å². The summed E-state index contributed by atoms with van der Waals surface area (Å²) < 4.78 is 23.7. The Kier molecular flexibility index (Phi) is 13.9. The van der Waals surface area contributed by atoms with Crippen molar-refractivity contribution in [1.29, 1.82) is 0 Å². The van der Waals surface area contributed by atoms with Gasteiger partial charge in [0.15, 0.2) is 0 Å². The number of aliphatic hydroxyl groups is 1. The monoisotopic (exact) mass is 866 g/mol. The van der Waals surface area contributed by atoms with E-state index in [1.807, 2.05) is 92.7 Å². The van der Waals surface area contributed by atoms with Crippen molar-refractivity contribution in [1.82, 2.24) is 20.5 Å². The normalized spacial score (nSPS) is 17.6. The average Bonchev–Trinajstić information content (AvgIpc) is 3.30. The van der Waals surface area contributed by atoms with Gasteiger partial charge in [0.25, 0.3) is 0 Å². The van der Waals surface area contributed by atoms with Crippen molar-refractivity contribution in [2.24, 2.45) is 5.92 Å². The molecule has 0 spiro atoms. The van der Waals surface area contributed by atoms with Gasteiger partial charge in [-0.1, -0.05) is 72.8 Å². The second-order valence-corrected chi connectivity index (χ2v) is 16.6. The molecule has 332 valence electrons. The Morgan fingerprint density at radius 1 is 0.828 bits per heavy atom. The zero-order chi connectivity index (χ0) is 44.6. The van der Waals surface area contributed by atoms with Gasteiger partial charge in [0.05, 0.1) is 23.2 Å². The topological polar surface area (TPSA) is 172 Å². The molecule has 1 amide bonds. The molecule has 5 N–H and O–H groups in total. The molecule has 3 atom stereocenters. The second kappa shape index (κ2) is 20.2. The summed E-state index contributed by atoms with van der Waals surface area (Å²) in [4.78, 5) is 42.9. The molecule has 9 rings (SSSR count). The number of ether oxygens (including phenoxy) is 4. The number of phenols is 1. The van der Waals surface area contributed by atoms with Crippen molar-refractivity contribution < 1.29 is 38.7 Å². The minimum absolute atomic E-state index is 0.0561. The molecule has 5 aromatic carbocycles. The van der Waals surface area contributed by atoms with Crippen molar-refractivity contribution in [3.8, 4) is 17.2 Å². The Morgan fingerprint density at radius 3 is 2.31 bits per heavy atom. The first-order valence-electron chi connectivity index (χ1n) is 21.8. The summed E-state index contributed by atoms with van der Waals surface area (Å²) in [6.07, 6.45) is 0.735. The molecule has 0 saturated carbocycles. The van der Waals surface area contributed by atoms with Crippen molar-refractivity contribution in [3.05, 3.63) is 170 Å². The molecule has 3 aliphatic heterocycles. The van der Waals surface area contributed by atoms with Gasteiger partial charge in [-0.05, 0) is 121 Å². The Balaban J connectivity index is 0.785. The number of aromatic amines is 1. The number of hydrogen-bond acceptors (Lipinski definition) is 11. The van der Waals surface area contributed by atoms with Gasteiger partial charge >= 0.3 is 12.1 Å². The van der Waals surface area contributed by atoms with Crippen molar-refractivity contribution in [3.63, 3.8) is 0 Å². The van der Waals surface area contributed by atoms with Gasteiger partial charge in [-0.2, -0.15) is 0 Å². The third kappa shape index (κ3) is 10.7. The summed E-state index contributed by atoms with van der Waals surface area (Å²) in [5.41, 5.74) is 6.49. The summed E-state index contributed by atoms with van der Waals surface area (Å²) in [5, 5.41) is 28.1. The number of hydrogen-bond donors (Lipinski definition) is 5.